The van der Waals surface area contributed by atoms with Gasteiger partial charge in [-0.2, -0.15) is 0 Å². The number of ether oxygens (including phenoxy) is 2. The quantitative estimate of drug-likeness (QED) is 0.436. The maximum atomic E-state index is 11.8. The Bertz CT molecular complexity index is 557. The van der Waals surface area contributed by atoms with Gasteiger partial charge in [0.05, 0.1) is 24.9 Å². The molecule has 0 aromatic heterocycles. The van der Waals surface area contributed by atoms with Crippen LogP contribution in [0.3, 0.4) is 0 Å². The Morgan fingerprint density at radius 1 is 1.28 bits per heavy atom. The molecule has 0 atom stereocenters. The van der Waals surface area contributed by atoms with E-state index in [2.05, 4.69) is 15.5 Å². The Morgan fingerprint density at radius 2 is 1.96 bits per heavy atom. The number of carbonyl (C=O) groups excluding carboxylic acids is 1. The van der Waals surface area contributed by atoms with Gasteiger partial charge in [-0.05, 0) is 63.3 Å². The molecule has 1 aliphatic rings. The summed E-state index contributed by atoms with van der Waals surface area (Å²) < 4.78 is 10.5. The molecule has 1 aliphatic heterocycles. The topological polar surface area (TPSA) is 62.8 Å². The normalized spacial score (nSPS) is 15.0. The van der Waals surface area contributed by atoms with E-state index in [4.69, 9.17) is 21.7 Å². The van der Waals surface area contributed by atoms with Crippen LogP contribution in [0.15, 0.2) is 24.3 Å². The van der Waals surface area contributed by atoms with E-state index in [1.165, 1.54) is 0 Å². The van der Waals surface area contributed by atoms with Gasteiger partial charge in [-0.15, -0.1) is 0 Å². The molecule has 0 spiro atoms. The minimum absolute atomic E-state index is 0.125. The maximum Gasteiger partial charge on any atom is 0.338 e. The number of rotatable bonds is 7. The minimum atomic E-state index is -0.314. The Morgan fingerprint density at radius 3 is 2.60 bits per heavy atom. The highest BCUT2D eigenvalue weighted by Crippen LogP contribution is 2.11. The van der Waals surface area contributed by atoms with Crippen LogP contribution < -0.4 is 10.6 Å². The van der Waals surface area contributed by atoms with E-state index in [9.17, 15) is 4.79 Å². The SMILES string of the molecule is CC(C)OC(=O)c1ccc(NC(=S)NCCCN2CCOCC2)cc1. The van der Waals surface area contributed by atoms with Crippen molar-refractivity contribution < 1.29 is 14.3 Å². The number of carbonyl (C=O) groups is 1. The van der Waals surface area contributed by atoms with Gasteiger partial charge >= 0.3 is 5.97 Å². The summed E-state index contributed by atoms with van der Waals surface area (Å²) in [6, 6.07) is 7.10. The number of morpholine rings is 1. The van der Waals surface area contributed by atoms with E-state index in [0.29, 0.717) is 10.7 Å². The average Bonchev–Trinajstić information content (AvgIpc) is 2.60. The van der Waals surface area contributed by atoms with Crippen molar-refractivity contribution in [1.82, 2.24) is 10.2 Å². The summed E-state index contributed by atoms with van der Waals surface area (Å²) >= 11 is 5.30. The number of esters is 1. The van der Waals surface area contributed by atoms with Crippen molar-refractivity contribution in [3.63, 3.8) is 0 Å². The van der Waals surface area contributed by atoms with E-state index in [-0.39, 0.29) is 12.1 Å². The van der Waals surface area contributed by atoms with Crippen LogP contribution >= 0.6 is 12.2 Å². The second-order valence-corrected chi connectivity index (χ2v) is 6.63. The fourth-order valence-corrected chi connectivity index (χ4v) is 2.70. The molecular weight excluding hydrogens is 338 g/mol. The molecule has 1 saturated heterocycles. The fraction of sp³-hybridized carbons (Fsp3) is 0.556. The predicted octanol–water partition coefficient (Wildman–Crippen LogP) is 2.26. The van der Waals surface area contributed by atoms with Crippen LogP contribution in [-0.4, -0.2) is 61.5 Å². The second kappa shape index (κ2) is 10.3. The Hall–Kier alpha value is -1.70. The number of nitrogens with one attached hydrogen (secondary N) is 2. The standard InChI is InChI=1S/C18H27N3O3S/c1-14(2)24-17(22)15-4-6-16(7-5-15)20-18(25)19-8-3-9-21-10-12-23-13-11-21/h4-7,14H,3,8-13H2,1-2H3,(H2,19,20,25). The number of benzene rings is 1. The first-order valence-electron chi connectivity index (χ1n) is 8.70. The smallest absolute Gasteiger partial charge is 0.338 e. The molecule has 1 aromatic carbocycles. The van der Waals surface area contributed by atoms with E-state index in [0.717, 1.165) is 51.5 Å². The molecule has 138 valence electrons. The highest BCUT2D eigenvalue weighted by atomic mass is 32.1. The molecule has 0 aliphatic carbocycles. The van der Waals surface area contributed by atoms with Crippen molar-refractivity contribution >= 4 is 29.0 Å². The van der Waals surface area contributed by atoms with Crippen molar-refractivity contribution in [3.8, 4) is 0 Å². The Labute approximate surface area is 154 Å². The van der Waals surface area contributed by atoms with Gasteiger partial charge < -0.3 is 20.1 Å². The molecule has 6 nitrogen and oxygen atoms in total. The molecule has 0 saturated carbocycles. The van der Waals surface area contributed by atoms with Crippen LogP contribution in [-0.2, 0) is 9.47 Å². The van der Waals surface area contributed by atoms with E-state index in [1.54, 1.807) is 12.1 Å². The van der Waals surface area contributed by atoms with Crippen LogP contribution in [0.2, 0.25) is 0 Å². The van der Waals surface area contributed by atoms with Crippen molar-refractivity contribution in [3.05, 3.63) is 29.8 Å². The van der Waals surface area contributed by atoms with Crippen LogP contribution in [0.4, 0.5) is 5.69 Å². The van der Waals surface area contributed by atoms with Gasteiger partial charge in [0, 0.05) is 25.3 Å². The zero-order valence-electron chi connectivity index (χ0n) is 14.9. The molecule has 0 amide bonds. The second-order valence-electron chi connectivity index (χ2n) is 6.22. The number of hydrogen-bond acceptors (Lipinski definition) is 5. The third-order valence-electron chi connectivity index (χ3n) is 3.76. The van der Waals surface area contributed by atoms with Crippen molar-refractivity contribution in [2.24, 2.45) is 0 Å². The lowest BCUT2D eigenvalue weighted by Gasteiger charge is -2.26. The number of nitrogens with zero attached hydrogens (tertiary/aromatic N) is 1. The summed E-state index contributed by atoms with van der Waals surface area (Å²) in [4.78, 5) is 14.2. The first-order valence-corrected chi connectivity index (χ1v) is 9.11. The Balaban J connectivity index is 1.66. The van der Waals surface area contributed by atoms with Gasteiger partial charge in [0.2, 0.25) is 0 Å². The van der Waals surface area contributed by atoms with E-state index < -0.39 is 0 Å². The summed E-state index contributed by atoms with van der Waals surface area (Å²) in [5.41, 5.74) is 1.37. The summed E-state index contributed by atoms with van der Waals surface area (Å²) in [5, 5.41) is 6.91. The number of hydrogen-bond donors (Lipinski definition) is 2. The summed E-state index contributed by atoms with van der Waals surface area (Å²) in [6.07, 6.45) is 0.904. The van der Waals surface area contributed by atoms with Gasteiger partial charge in [-0.1, -0.05) is 0 Å². The molecule has 7 heteroatoms. The molecule has 0 radical (unpaired) electrons. The fourth-order valence-electron chi connectivity index (χ4n) is 2.48. The molecule has 0 bridgehead atoms. The first kappa shape index (κ1) is 19.6. The molecule has 2 N–H and O–H groups in total. The van der Waals surface area contributed by atoms with E-state index >= 15 is 0 Å². The van der Waals surface area contributed by atoms with Gasteiger partial charge in [0.15, 0.2) is 5.11 Å². The van der Waals surface area contributed by atoms with Crippen LogP contribution in [0, 0.1) is 0 Å². The summed E-state index contributed by atoms with van der Waals surface area (Å²) in [7, 11) is 0. The summed E-state index contributed by atoms with van der Waals surface area (Å²) in [6.45, 7) is 9.20. The lowest BCUT2D eigenvalue weighted by molar-refractivity contribution is 0.0374. The first-order chi connectivity index (χ1) is 12.0. The van der Waals surface area contributed by atoms with Crippen LogP contribution in [0.1, 0.15) is 30.6 Å². The Kier molecular flexibility index (Phi) is 8.11. The molecule has 1 heterocycles. The molecule has 1 aromatic rings. The molecule has 1 fully saturated rings. The van der Waals surface area contributed by atoms with Crippen molar-refractivity contribution in [2.75, 3.05) is 44.7 Å². The zero-order chi connectivity index (χ0) is 18.1. The zero-order valence-corrected chi connectivity index (χ0v) is 15.7. The molecule has 0 unspecified atom stereocenters. The average molecular weight is 365 g/mol. The van der Waals surface area contributed by atoms with Gasteiger partial charge in [-0.3, -0.25) is 4.90 Å². The van der Waals surface area contributed by atoms with Gasteiger partial charge in [-0.25, -0.2) is 4.79 Å². The molecule has 2 rings (SSSR count). The maximum absolute atomic E-state index is 11.8. The number of anilines is 1. The highest BCUT2D eigenvalue weighted by molar-refractivity contribution is 7.80. The van der Waals surface area contributed by atoms with Crippen LogP contribution in [0.5, 0.6) is 0 Å². The predicted molar refractivity (Wildman–Crippen MR) is 103 cm³/mol. The van der Waals surface area contributed by atoms with E-state index in [1.807, 2.05) is 26.0 Å². The lowest BCUT2D eigenvalue weighted by atomic mass is 10.2. The third kappa shape index (κ3) is 7.37. The highest BCUT2D eigenvalue weighted by Gasteiger charge is 2.10. The van der Waals surface area contributed by atoms with Crippen molar-refractivity contribution in [1.29, 1.82) is 0 Å². The minimum Gasteiger partial charge on any atom is -0.459 e. The lowest BCUT2D eigenvalue weighted by Crippen LogP contribution is -2.38. The van der Waals surface area contributed by atoms with Crippen molar-refractivity contribution in [2.45, 2.75) is 26.4 Å². The third-order valence-corrected chi connectivity index (χ3v) is 4.01. The molecule has 25 heavy (non-hydrogen) atoms. The van der Waals surface area contributed by atoms with Crippen LogP contribution in [0.25, 0.3) is 0 Å². The number of thiocarbonyl (C=S) groups is 1. The molecular formula is C18H27N3O3S. The van der Waals surface area contributed by atoms with Gasteiger partial charge in [0.25, 0.3) is 0 Å². The summed E-state index contributed by atoms with van der Waals surface area (Å²) in [5.74, 6) is -0.314. The largest absolute Gasteiger partial charge is 0.459 e. The van der Waals surface area contributed by atoms with Gasteiger partial charge in [0.1, 0.15) is 0 Å². The monoisotopic (exact) mass is 365 g/mol.